The van der Waals surface area contributed by atoms with Crippen LogP contribution in [0.25, 0.3) is 0 Å². The van der Waals surface area contributed by atoms with E-state index in [0.717, 1.165) is 13.1 Å². The van der Waals surface area contributed by atoms with Crippen LogP contribution in [-0.4, -0.2) is 42.0 Å². The zero-order valence-electron chi connectivity index (χ0n) is 9.62. The molecular weight excluding hydrogens is 178 g/mol. The molecule has 0 aliphatic carbocycles. The number of carbonyl (C=O) groups excluding carboxylic acids is 1. The number of ether oxygens (including phenoxy) is 1. The smallest absolute Gasteiger partial charge is 0.131 e. The largest absolute Gasteiger partial charge is 0.373 e. The van der Waals surface area contributed by atoms with Gasteiger partial charge in [-0.2, -0.15) is 0 Å². The Balaban J connectivity index is 2.46. The zero-order chi connectivity index (χ0) is 10.7. The minimum absolute atomic E-state index is 0.268. The average molecular weight is 199 g/mol. The predicted molar refractivity (Wildman–Crippen MR) is 56.3 cm³/mol. The van der Waals surface area contributed by atoms with Crippen LogP contribution in [0.2, 0.25) is 0 Å². The van der Waals surface area contributed by atoms with Crippen LogP contribution in [-0.2, 0) is 9.53 Å². The van der Waals surface area contributed by atoms with Crippen molar-refractivity contribution in [1.29, 1.82) is 0 Å². The highest BCUT2D eigenvalue weighted by Crippen LogP contribution is 2.15. The molecule has 1 aliphatic rings. The minimum atomic E-state index is 0.268. The lowest BCUT2D eigenvalue weighted by atomic mass is 10.1. The molecule has 0 saturated carbocycles. The predicted octanol–water partition coefficient (Wildman–Crippen LogP) is 1.46. The Morgan fingerprint density at radius 2 is 1.93 bits per heavy atom. The number of nitrogens with zero attached hydrogens (tertiary/aromatic N) is 1. The van der Waals surface area contributed by atoms with E-state index in [1.54, 1.807) is 6.92 Å². The van der Waals surface area contributed by atoms with E-state index < -0.39 is 0 Å². The Kier molecular flexibility index (Phi) is 4.08. The first-order valence-electron chi connectivity index (χ1n) is 5.38. The van der Waals surface area contributed by atoms with Gasteiger partial charge in [-0.05, 0) is 27.7 Å². The molecule has 1 unspecified atom stereocenters. The normalized spacial score (nSPS) is 31.4. The Morgan fingerprint density at radius 3 is 2.36 bits per heavy atom. The summed E-state index contributed by atoms with van der Waals surface area (Å²) in [5.74, 6) is 0.268. The SMILES string of the molecule is CC(=O)CC(C)N1C[C@@H](C)O[C@@H](C)C1. The Labute approximate surface area is 86.4 Å². The second-order valence-corrected chi connectivity index (χ2v) is 4.47. The number of Topliss-reactive ketones (excluding diaryl/α,β-unsaturated/α-hetero) is 1. The van der Waals surface area contributed by atoms with Gasteiger partial charge in [0.1, 0.15) is 5.78 Å². The second-order valence-electron chi connectivity index (χ2n) is 4.47. The first-order valence-corrected chi connectivity index (χ1v) is 5.38. The van der Waals surface area contributed by atoms with Crippen molar-refractivity contribution in [3.63, 3.8) is 0 Å². The van der Waals surface area contributed by atoms with Gasteiger partial charge in [-0.15, -0.1) is 0 Å². The van der Waals surface area contributed by atoms with Crippen LogP contribution < -0.4 is 0 Å². The number of ketones is 1. The summed E-state index contributed by atoms with van der Waals surface area (Å²) in [6, 6.07) is 0.348. The molecule has 14 heavy (non-hydrogen) atoms. The molecule has 1 rings (SSSR count). The van der Waals surface area contributed by atoms with E-state index in [1.807, 2.05) is 0 Å². The zero-order valence-corrected chi connectivity index (χ0v) is 9.62. The minimum Gasteiger partial charge on any atom is -0.373 e. The van der Waals surface area contributed by atoms with Crippen LogP contribution in [0.4, 0.5) is 0 Å². The Bertz CT molecular complexity index is 195. The van der Waals surface area contributed by atoms with Crippen LogP contribution in [0.15, 0.2) is 0 Å². The van der Waals surface area contributed by atoms with Gasteiger partial charge in [-0.25, -0.2) is 0 Å². The van der Waals surface area contributed by atoms with Gasteiger partial charge in [-0.3, -0.25) is 9.69 Å². The Morgan fingerprint density at radius 1 is 1.43 bits per heavy atom. The molecule has 0 aromatic rings. The maximum absolute atomic E-state index is 11.0. The van der Waals surface area contributed by atoms with Crippen molar-refractivity contribution in [3.8, 4) is 0 Å². The van der Waals surface area contributed by atoms with E-state index in [-0.39, 0.29) is 18.0 Å². The highest BCUT2D eigenvalue weighted by molar-refractivity contribution is 5.76. The number of morpholine rings is 1. The summed E-state index contributed by atoms with van der Waals surface area (Å²) in [5.41, 5.74) is 0. The summed E-state index contributed by atoms with van der Waals surface area (Å²) in [6.45, 7) is 9.83. The van der Waals surface area contributed by atoms with Gasteiger partial charge in [-0.1, -0.05) is 0 Å². The molecule has 1 saturated heterocycles. The van der Waals surface area contributed by atoms with E-state index in [4.69, 9.17) is 4.74 Å². The van der Waals surface area contributed by atoms with Gasteiger partial charge in [0.2, 0.25) is 0 Å². The molecule has 3 nitrogen and oxygen atoms in total. The summed E-state index contributed by atoms with van der Waals surface area (Å²) in [6.07, 6.45) is 1.22. The molecule has 0 aromatic carbocycles. The Hall–Kier alpha value is -0.410. The molecule has 0 spiro atoms. The summed E-state index contributed by atoms with van der Waals surface area (Å²) in [4.78, 5) is 13.3. The molecule has 3 atom stereocenters. The van der Waals surface area contributed by atoms with Crippen molar-refractivity contribution in [2.24, 2.45) is 0 Å². The van der Waals surface area contributed by atoms with E-state index in [0.29, 0.717) is 12.5 Å². The second kappa shape index (κ2) is 4.89. The molecule has 1 fully saturated rings. The third-order valence-electron chi connectivity index (χ3n) is 2.65. The number of hydrogen-bond donors (Lipinski definition) is 0. The summed E-state index contributed by atoms with van der Waals surface area (Å²) in [7, 11) is 0. The molecule has 82 valence electrons. The summed E-state index contributed by atoms with van der Waals surface area (Å²) in [5, 5.41) is 0. The monoisotopic (exact) mass is 199 g/mol. The van der Waals surface area contributed by atoms with Gasteiger partial charge in [0.05, 0.1) is 12.2 Å². The summed E-state index contributed by atoms with van der Waals surface area (Å²) >= 11 is 0. The van der Waals surface area contributed by atoms with E-state index >= 15 is 0 Å². The summed E-state index contributed by atoms with van der Waals surface area (Å²) < 4.78 is 5.64. The molecule has 0 aromatic heterocycles. The number of carbonyl (C=O) groups is 1. The van der Waals surface area contributed by atoms with Crippen molar-refractivity contribution in [2.75, 3.05) is 13.1 Å². The number of rotatable bonds is 3. The lowest BCUT2D eigenvalue weighted by Gasteiger charge is -2.38. The van der Waals surface area contributed by atoms with Crippen molar-refractivity contribution in [1.82, 2.24) is 4.90 Å². The van der Waals surface area contributed by atoms with Crippen LogP contribution in [0.1, 0.15) is 34.1 Å². The van der Waals surface area contributed by atoms with Crippen molar-refractivity contribution in [3.05, 3.63) is 0 Å². The first-order chi connectivity index (χ1) is 6.49. The van der Waals surface area contributed by atoms with Crippen LogP contribution >= 0.6 is 0 Å². The van der Waals surface area contributed by atoms with Crippen LogP contribution in [0.3, 0.4) is 0 Å². The molecule has 0 amide bonds. The lowest BCUT2D eigenvalue weighted by Crippen LogP contribution is -2.49. The molecular formula is C11H21NO2. The average Bonchev–Trinajstić information content (AvgIpc) is 2.00. The quantitative estimate of drug-likeness (QED) is 0.689. The molecule has 0 radical (unpaired) electrons. The third kappa shape index (κ3) is 3.39. The molecule has 0 bridgehead atoms. The van der Waals surface area contributed by atoms with E-state index in [1.165, 1.54) is 0 Å². The number of hydrogen-bond acceptors (Lipinski definition) is 3. The maximum Gasteiger partial charge on any atom is 0.131 e. The van der Waals surface area contributed by atoms with E-state index in [2.05, 4.69) is 25.7 Å². The van der Waals surface area contributed by atoms with Gasteiger partial charge in [0.25, 0.3) is 0 Å². The standard InChI is InChI=1S/C11H21NO2/c1-8(5-9(2)13)12-6-10(3)14-11(4)7-12/h8,10-11H,5-7H2,1-4H3/t8?,10-,11+. The highest BCUT2D eigenvalue weighted by atomic mass is 16.5. The van der Waals surface area contributed by atoms with E-state index in [9.17, 15) is 4.79 Å². The van der Waals surface area contributed by atoms with Gasteiger partial charge in [0, 0.05) is 25.6 Å². The first kappa shape index (κ1) is 11.7. The molecule has 1 heterocycles. The van der Waals surface area contributed by atoms with Crippen LogP contribution in [0.5, 0.6) is 0 Å². The van der Waals surface area contributed by atoms with Gasteiger partial charge in [0.15, 0.2) is 0 Å². The van der Waals surface area contributed by atoms with Crippen molar-refractivity contribution in [2.45, 2.75) is 52.4 Å². The fraction of sp³-hybridized carbons (Fsp3) is 0.909. The fourth-order valence-electron chi connectivity index (χ4n) is 2.12. The highest BCUT2D eigenvalue weighted by Gasteiger charge is 2.25. The van der Waals surface area contributed by atoms with Crippen molar-refractivity contribution < 1.29 is 9.53 Å². The maximum atomic E-state index is 11.0. The third-order valence-corrected chi connectivity index (χ3v) is 2.65. The van der Waals surface area contributed by atoms with Gasteiger partial charge < -0.3 is 4.74 Å². The van der Waals surface area contributed by atoms with Gasteiger partial charge >= 0.3 is 0 Å². The van der Waals surface area contributed by atoms with Crippen molar-refractivity contribution >= 4 is 5.78 Å². The molecule has 3 heteroatoms. The molecule has 1 aliphatic heterocycles. The topological polar surface area (TPSA) is 29.5 Å². The molecule has 0 N–H and O–H groups in total. The van der Waals surface area contributed by atoms with Crippen LogP contribution in [0, 0.1) is 0 Å². The fourth-order valence-corrected chi connectivity index (χ4v) is 2.12. The lowest BCUT2D eigenvalue weighted by molar-refractivity contribution is -0.120.